The number of benzene rings is 1. The predicted molar refractivity (Wildman–Crippen MR) is 109 cm³/mol. The molecule has 0 amide bonds. The molecule has 2 aliphatic heterocycles. The van der Waals surface area contributed by atoms with Crippen molar-refractivity contribution in [2.24, 2.45) is 0 Å². The van der Waals surface area contributed by atoms with Crippen LogP contribution in [0.4, 0.5) is 14.5 Å². The minimum absolute atomic E-state index is 0.204. The molecule has 30 heavy (non-hydrogen) atoms. The number of halogens is 2. The van der Waals surface area contributed by atoms with E-state index in [1.807, 2.05) is 24.4 Å². The van der Waals surface area contributed by atoms with Crippen molar-refractivity contribution in [3.63, 3.8) is 0 Å². The molecule has 0 aliphatic carbocycles. The van der Waals surface area contributed by atoms with Crippen LogP contribution in [0.3, 0.4) is 0 Å². The van der Waals surface area contributed by atoms with Crippen molar-refractivity contribution < 1.29 is 13.5 Å². The summed E-state index contributed by atoms with van der Waals surface area (Å²) in [5.74, 6) is 0.204. The summed E-state index contributed by atoms with van der Waals surface area (Å²) in [5, 5.41) is 5.16. The summed E-state index contributed by atoms with van der Waals surface area (Å²) >= 11 is 0. The van der Waals surface area contributed by atoms with Crippen LogP contribution in [0, 0.1) is 0 Å². The van der Waals surface area contributed by atoms with Crippen molar-refractivity contribution in [1.29, 1.82) is 0 Å². The number of hydrogen-bond donors (Lipinski definition) is 0. The first-order chi connectivity index (χ1) is 14.7. The van der Waals surface area contributed by atoms with Gasteiger partial charge in [-0.2, -0.15) is 5.10 Å². The maximum Gasteiger partial charge on any atom is 0.272 e. The van der Waals surface area contributed by atoms with Gasteiger partial charge in [0.1, 0.15) is 6.33 Å². The van der Waals surface area contributed by atoms with Crippen LogP contribution in [0.1, 0.15) is 17.7 Å². The average molecular weight is 414 g/mol. The molecule has 2 aromatic heterocycles. The Balaban J connectivity index is 1.26. The molecule has 2 aliphatic rings. The van der Waals surface area contributed by atoms with Crippen molar-refractivity contribution in [1.82, 2.24) is 24.6 Å². The lowest BCUT2D eigenvalue weighted by molar-refractivity contribution is 0.0804. The summed E-state index contributed by atoms with van der Waals surface area (Å²) in [7, 11) is 0. The first kappa shape index (κ1) is 19.2. The highest BCUT2D eigenvalue weighted by Gasteiger charge is 2.22. The number of anilines is 1. The molecule has 4 heterocycles. The fourth-order valence-electron chi connectivity index (χ4n) is 4.34. The molecule has 0 unspecified atom stereocenters. The summed E-state index contributed by atoms with van der Waals surface area (Å²) < 4.78 is 32.4. The number of aryl methyl sites for hydroxylation is 1. The Morgan fingerprint density at radius 2 is 1.93 bits per heavy atom. The van der Waals surface area contributed by atoms with Crippen molar-refractivity contribution in [3.05, 3.63) is 42.0 Å². The highest BCUT2D eigenvalue weighted by Crippen LogP contribution is 2.28. The van der Waals surface area contributed by atoms with Gasteiger partial charge >= 0.3 is 0 Å². The molecule has 0 radical (unpaired) electrons. The Morgan fingerprint density at radius 1 is 1.07 bits per heavy atom. The second kappa shape index (κ2) is 8.14. The Bertz CT molecular complexity index is 1030. The quantitative estimate of drug-likeness (QED) is 0.618. The normalized spacial score (nSPS) is 17.1. The molecule has 5 rings (SSSR count). The lowest BCUT2D eigenvalue weighted by Gasteiger charge is -2.36. The minimum Gasteiger partial charge on any atom is -0.471 e. The van der Waals surface area contributed by atoms with E-state index in [1.54, 1.807) is 0 Å². The van der Waals surface area contributed by atoms with Gasteiger partial charge in [0, 0.05) is 56.2 Å². The molecule has 0 atom stereocenters. The number of alkyl halides is 2. The molecule has 0 bridgehead atoms. The number of nitrogens with zero attached hydrogens (tertiary/aromatic N) is 6. The molecule has 1 aromatic carbocycles. The van der Waals surface area contributed by atoms with Crippen molar-refractivity contribution >= 4 is 16.6 Å². The molecular weight excluding hydrogens is 390 g/mol. The van der Waals surface area contributed by atoms with Crippen LogP contribution in [-0.2, 0) is 19.5 Å². The molecule has 158 valence electrons. The fraction of sp³-hybridized carbons (Fsp3) is 0.476. The SMILES string of the molecule is FC(F)COc1ncnc2ccc(N3CCN(Cc4cnn5c4CCC5)CC3)cc12. The van der Waals surface area contributed by atoms with Crippen molar-refractivity contribution in [2.75, 3.05) is 37.7 Å². The van der Waals surface area contributed by atoms with Crippen LogP contribution in [0.15, 0.2) is 30.7 Å². The minimum atomic E-state index is -2.54. The number of aromatic nitrogens is 4. The Kier molecular flexibility index (Phi) is 5.20. The van der Waals surface area contributed by atoms with Gasteiger partial charge < -0.3 is 9.64 Å². The lowest BCUT2D eigenvalue weighted by Crippen LogP contribution is -2.46. The van der Waals surface area contributed by atoms with Gasteiger partial charge in [0.05, 0.1) is 17.1 Å². The third-order valence-electron chi connectivity index (χ3n) is 5.88. The van der Waals surface area contributed by atoms with Crippen molar-refractivity contribution in [2.45, 2.75) is 32.4 Å². The predicted octanol–water partition coefficient (Wildman–Crippen LogP) is 2.74. The molecule has 0 saturated carbocycles. The van der Waals surface area contributed by atoms with Crippen LogP contribution < -0.4 is 9.64 Å². The Hall–Kier alpha value is -2.81. The maximum atomic E-state index is 12.5. The standard InChI is InChI=1S/C21H24F2N6O/c22-20(23)13-30-21-17-10-16(3-4-18(17)24-14-25-21)28-8-6-27(7-9-28)12-15-11-26-29-5-1-2-19(15)29/h3-4,10-11,14,20H,1-2,5-9,12-13H2. The maximum absolute atomic E-state index is 12.5. The Morgan fingerprint density at radius 3 is 2.77 bits per heavy atom. The van der Waals surface area contributed by atoms with E-state index in [-0.39, 0.29) is 5.88 Å². The first-order valence-electron chi connectivity index (χ1n) is 10.3. The third-order valence-corrected chi connectivity index (χ3v) is 5.88. The highest BCUT2D eigenvalue weighted by atomic mass is 19.3. The van der Waals surface area contributed by atoms with Crippen LogP contribution >= 0.6 is 0 Å². The van der Waals surface area contributed by atoms with Gasteiger partial charge in [-0.25, -0.2) is 18.7 Å². The van der Waals surface area contributed by atoms with Crippen LogP contribution in [0.2, 0.25) is 0 Å². The fourth-order valence-corrected chi connectivity index (χ4v) is 4.34. The van der Waals surface area contributed by atoms with Gasteiger partial charge in [-0.3, -0.25) is 9.58 Å². The van der Waals surface area contributed by atoms with Gasteiger partial charge in [-0.15, -0.1) is 0 Å². The van der Waals surface area contributed by atoms with Gasteiger partial charge in [-0.1, -0.05) is 0 Å². The Labute approximate surface area is 173 Å². The number of hydrogen-bond acceptors (Lipinski definition) is 6. The summed E-state index contributed by atoms with van der Waals surface area (Å²) in [6.45, 7) is 5.03. The smallest absolute Gasteiger partial charge is 0.272 e. The zero-order chi connectivity index (χ0) is 20.5. The van der Waals surface area contributed by atoms with E-state index in [0.717, 1.165) is 51.4 Å². The highest BCUT2D eigenvalue weighted by molar-refractivity contribution is 5.86. The summed E-state index contributed by atoms with van der Waals surface area (Å²) in [6.07, 6.45) is 3.15. The second-order valence-electron chi connectivity index (χ2n) is 7.79. The van der Waals surface area contributed by atoms with E-state index in [0.29, 0.717) is 10.9 Å². The van der Waals surface area contributed by atoms with E-state index in [2.05, 4.69) is 29.5 Å². The summed E-state index contributed by atoms with van der Waals surface area (Å²) in [5.41, 5.74) is 4.46. The molecular formula is C21H24F2N6O. The zero-order valence-corrected chi connectivity index (χ0v) is 16.7. The van der Waals surface area contributed by atoms with Crippen LogP contribution in [0.25, 0.3) is 10.9 Å². The largest absolute Gasteiger partial charge is 0.471 e. The van der Waals surface area contributed by atoms with Gasteiger partial charge in [-0.05, 0) is 31.0 Å². The molecule has 1 fully saturated rings. The monoisotopic (exact) mass is 414 g/mol. The van der Waals surface area contributed by atoms with Gasteiger partial charge in [0.2, 0.25) is 5.88 Å². The number of piperazine rings is 1. The number of rotatable bonds is 6. The lowest BCUT2D eigenvalue weighted by atomic mass is 10.1. The number of ether oxygens (including phenoxy) is 1. The van der Waals surface area contributed by atoms with E-state index in [1.165, 1.54) is 24.0 Å². The summed E-state index contributed by atoms with van der Waals surface area (Å²) in [6, 6.07) is 5.85. The molecule has 0 N–H and O–H groups in total. The molecule has 9 heteroatoms. The van der Waals surface area contributed by atoms with E-state index < -0.39 is 13.0 Å². The van der Waals surface area contributed by atoms with E-state index in [4.69, 9.17) is 4.74 Å². The third kappa shape index (κ3) is 3.81. The number of fused-ring (bicyclic) bond motifs is 2. The molecule has 7 nitrogen and oxygen atoms in total. The second-order valence-corrected chi connectivity index (χ2v) is 7.79. The van der Waals surface area contributed by atoms with Gasteiger partial charge in [0.15, 0.2) is 6.61 Å². The summed E-state index contributed by atoms with van der Waals surface area (Å²) in [4.78, 5) is 13.0. The van der Waals surface area contributed by atoms with E-state index >= 15 is 0 Å². The molecule has 1 saturated heterocycles. The van der Waals surface area contributed by atoms with Crippen LogP contribution in [-0.4, -0.2) is 63.9 Å². The van der Waals surface area contributed by atoms with Crippen LogP contribution in [0.5, 0.6) is 5.88 Å². The molecule has 0 spiro atoms. The first-order valence-corrected chi connectivity index (χ1v) is 10.3. The van der Waals surface area contributed by atoms with Gasteiger partial charge in [0.25, 0.3) is 6.43 Å². The zero-order valence-electron chi connectivity index (χ0n) is 16.7. The molecule has 3 aromatic rings. The van der Waals surface area contributed by atoms with Crippen molar-refractivity contribution in [3.8, 4) is 5.88 Å². The average Bonchev–Trinajstić information content (AvgIpc) is 3.37. The van der Waals surface area contributed by atoms with E-state index in [9.17, 15) is 8.78 Å². The topological polar surface area (TPSA) is 59.3 Å².